The zero-order valence-electron chi connectivity index (χ0n) is 11.7. The predicted octanol–water partition coefficient (Wildman–Crippen LogP) is 3.64. The molecule has 1 unspecified atom stereocenters. The lowest BCUT2D eigenvalue weighted by Gasteiger charge is -2.19. The van der Waals surface area contributed by atoms with E-state index in [1.165, 1.54) is 0 Å². The van der Waals surface area contributed by atoms with E-state index in [4.69, 9.17) is 4.74 Å². The van der Waals surface area contributed by atoms with E-state index in [-0.39, 0.29) is 5.91 Å². The number of ether oxygens (including phenoxy) is 1. The molecule has 4 heteroatoms. The number of hydrogen-bond donors (Lipinski definition) is 1. The van der Waals surface area contributed by atoms with Crippen LogP contribution in [0.3, 0.4) is 0 Å². The number of carbonyl (C=O) groups is 1. The maximum atomic E-state index is 14.6. The molecule has 1 heterocycles. The van der Waals surface area contributed by atoms with Gasteiger partial charge in [0.05, 0.1) is 7.11 Å². The Bertz CT molecular complexity index is 667. The molecule has 21 heavy (non-hydrogen) atoms. The zero-order valence-corrected chi connectivity index (χ0v) is 11.7. The summed E-state index contributed by atoms with van der Waals surface area (Å²) in [6, 6.07) is 12.3. The van der Waals surface area contributed by atoms with Gasteiger partial charge in [-0.25, -0.2) is 4.39 Å². The lowest BCUT2D eigenvalue weighted by Crippen LogP contribution is -2.19. The normalized spacial score (nSPS) is 15.0. The molecule has 1 atom stereocenters. The first kappa shape index (κ1) is 13.6. The van der Waals surface area contributed by atoms with Crippen LogP contribution in [0.15, 0.2) is 42.5 Å². The third-order valence-corrected chi connectivity index (χ3v) is 3.73. The molecule has 0 aliphatic carbocycles. The van der Waals surface area contributed by atoms with Crippen LogP contribution in [0.2, 0.25) is 0 Å². The summed E-state index contributed by atoms with van der Waals surface area (Å²) < 4.78 is 19.7. The Morgan fingerprint density at radius 3 is 2.52 bits per heavy atom. The molecule has 0 fully saturated rings. The fourth-order valence-electron chi connectivity index (χ4n) is 2.51. The molecule has 0 aromatic heterocycles. The van der Waals surface area contributed by atoms with Gasteiger partial charge in [-0.2, -0.15) is 0 Å². The summed E-state index contributed by atoms with van der Waals surface area (Å²) in [7, 11) is 1.58. The second-order valence-electron chi connectivity index (χ2n) is 5.10. The van der Waals surface area contributed by atoms with E-state index in [2.05, 4.69) is 5.32 Å². The SMILES string of the molecule is COc1ccc(C(F)c2ccc3c(c2)NC(=O)CC3)cc1. The molecule has 3 nitrogen and oxygen atoms in total. The van der Waals surface area contributed by atoms with Crippen LogP contribution in [0.5, 0.6) is 5.75 Å². The summed E-state index contributed by atoms with van der Waals surface area (Å²) in [5.74, 6) is 0.683. The van der Waals surface area contributed by atoms with Crippen LogP contribution in [0.4, 0.5) is 10.1 Å². The zero-order chi connectivity index (χ0) is 14.8. The fraction of sp³-hybridized carbons (Fsp3) is 0.235. The Morgan fingerprint density at radius 2 is 1.81 bits per heavy atom. The maximum Gasteiger partial charge on any atom is 0.224 e. The molecule has 1 aliphatic heterocycles. The Hall–Kier alpha value is -2.36. The molecule has 1 amide bonds. The van der Waals surface area contributed by atoms with E-state index in [1.807, 2.05) is 6.07 Å². The average molecular weight is 285 g/mol. The van der Waals surface area contributed by atoms with E-state index >= 15 is 0 Å². The van der Waals surface area contributed by atoms with Crippen LogP contribution in [0.25, 0.3) is 0 Å². The lowest BCUT2D eigenvalue weighted by atomic mass is 9.96. The lowest BCUT2D eigenvalue weighted by molar-refractivity contribution is -0.116. The van der Waals surface area contributed by atoms with Crippen molar-refractivity contribution in [3.8, 4) is 5.75 Å². The van der Waals surface area contributed by atoms with Crippen LogP contribution < -0.4 is 10.1 Å². The minimum atomic E-state index is -1.22. The molecule has 0 bridgehead atoms. The van der Waals surface area contributed by atoms with Gasteiger partial charge in [0.2, 0.25) is 5.91 Å². The van der Waals surface area contributed by atoms with E-state index in [0.29, 0.717) is 29.7 Å². The first-order valence-corrected chi connectivity index (χ1v) is 6.88. The summed E-state index contributed by atoms with van der Waals surface area (Å²) in [5.41, 5.74) is 2.89. The first-order valence-electron chi connectivity index (χ1n) is 6.88. The number of amides is 1. The van der Waals surface area contributed by atoms with Crippen molar-refractivity contribution < 1.29 is 13.9 Å². The topological polar surface area (TPSA) is 38.3 Å². The van der Waals surface area contributed by atoms with Crippen LogP contribution in [0.1, 0.15) is 29.3 Å². The summed E-state index contributed by atoms with van der Waals surface area (Å²) in [5, 5.41) is 2.80. The Kier molecular flexibility index (Phi) is 3.60. The van der Waals surface area contributed by atoms with E-state index in [1.54, 1.807) is 43.5 Å². The highest BCUT2D eigenvalue weighted by Gasteiger charge is 2.18. The van der Waals surface area contributed by atoms with Crippen molar-refractivity contribution in [3.05, 3.63) is 59.2 Å². The number of carbonyl (C=O) groups excluding carboxylic acids is 1. The summed E-state index contributed by atoms with van der Waals surface area (Å²) in [4.78, 5) is 11.4. The summed E-state index contributed by atoms with van der Waals surface area (Å²) >= 11 is 0. The fourth-order valence-corrected chi connectivity index (χ4v) is 2.51. The van der Waals surface area contributed by atoms with Crippen molar-refractivity contribution in [1.82, 2.24) is 0 Å². The van der Waals surface area contributed by atoms with Gasteiger partial charge in [0.1, 0.15) is 5.75 Å². The van der Waals surface area contributed by atoms with Gasteiger partial charge >= 0.3 is 0 Å². The number of fused-ring (bicyclic) bond motifs is 1. The Labute approximate surface area is 122 Å². The van der Waals surface area contributed by atoms with Crippen LogP contribution >= 0.6 is 0 Å². The molecule has 1 aliphatic rings. The number of methoxy groups -OCH3 is 1. The highest BCUT2D eigenvalue weighted by atomic mass is 19.1. The molecule has 0 saturated heterocycles. The molecule has 0 saturated carbocycles. The van der Waals surface area contributed by atoms with E-state index in [0.717, 1.165) is 11.3 Å². The van der Waals surface area contributed by atoms with E-state index in [9.17, 15) is 9.18 Å². The number of benzene rings is 2. The molecule has 0 radical (unpaired) electrons. The first-order chi connectivity index (χ1) is 10.2. The predicted molar refractivity (Wildman–Crippen MR) is 79.3 cm³/mol. The number of nitrogens with one attached hydrogen (secondary N) is 1. The molecule has 0 spiro atoms. The number of hydrogen-bond acceptors (Lipinski definition) is 2. The van der Waals surface area contributed by atoms with Crippen LogP contribution in [-0.4, -0.2) is 13.0 Å². The summed E-state index contributed by atoms with van der Waals surface area (Å²) in [6.45, 7) is 0. The van der Waals surface area contributed by atoms with Crippen molar-refractivity contribution in [2.75, 3.05) is 12.4 Å². The Morgan fingerprint density at radius 1 is 1.10 bits per heavy atom. The third kappa shape index (κ3) is 2.75. The minimum absolute atomic E-state index is 0.0143. The smallest absolute Gasteiger partial charge is 0.224 e. The van der Waals surface area contributed by atoms with Crippen molar-refractivity contribution >= 4 is 11.6 Å². The third-order valence-electron chi connectivity index (χ3n) is 3.73. The van der Waals surface area contributed by atoms with Crippen molar-refractivity contribution in [3.63, 3.8) is 0 Å². The second-order valence-corrected chi connectivity index (χ2v) is 5.10. The number of rotatable bonds is 3. The van der Waals surface area contributed by atoms with Gasteiger partial charge in [0.15, 0.2) is 6.17 Å². The van der Waals surface area contributed by atoms with E-state index < -0.39 is 6.17 Å². The number of anilines is 1. The van der Waals surface area contributed by atoms with Gasteiger partial charge in [-0.1, -0.05) is 24.3 Å². The van der Waals surface area contributed by atoms with Crippen LogP contribution in [0, 0.1) is 0 Å². The Balaban J connectivity index is 1.88. The molecule has 108 valence electrons. The van der Waals surface area contributed by atoms with Gasteiger partial charge < -0.3 is 10.1 Å². The van der Waals surface area contributed by atoms with Gasteiger partial charge in [-0.05, 0) is 41.3 Å². The van der Waals surface area contributed by atoms with Gasteiger partial charge in [0, 0.05) is 12.1 Å². The molecular formula is C17H16FNO2. The van der Waals surface area contributed by atoms with Gasteiger partial charge in [-0.15, -0.1) is 0 Å². The van der Waals surface area contributed by atoms with Gasteiger partial charge in [-0.3, -0.25) is 4.79 Å². The summed E-state index contributed by atoms with van der Waals surface area (Å²) in [6.07, 6.45) is -0.0230. The maximum absolute atomic E-state index is 14.6. The van der Waals surface area contributed by atoms with Gasteiger partial charge in [0.25, 0.3) is 0 Å². The van der Waals surface area contributed by atoms with Crippen molar-refractivity contribution in [2.45, 2.75) is 19.0 Å². The minimum Gasteiger partial charge on any atom is -0.497 e. The van der Waals surface area contributed by atoms with Crippen molar-refractivity contribution in [1.29, 1.82) is 0 Å². The number of halogens is 1. The number of aryl methyl sites for hydroxylation is 1. The molecule has 2 aromatic rings. The molecular weight excluding hydrogens is 269 g/mol. The second kappa shape index (κ2) is 5.56. The number of alkyl halides is 1. The molecule has 3 rings (SSSR count). The van der Waals surface area contributed by atoms with Crippen LogP contribution in [-0.2, 0) is 11.2 Å². The monoisotopic (exact) mass is 285 g/mol. The highest BCUT2D eigenvalue weighted by Crippen LogP contribution is 2.32. The molecule has 2 aromatic carbocycles. The molecule has 1 N–H and O–H groups in total. The van der Waals surface area contributed by atoms with Crippen molar-refractivity contribution in [2.24, 2.45) is 0 Å². The standard InChI is InChI=1S/C17H16FNO2/c1-21-14-7-4-12(5-8-14)17(18)13-3-2-11-6-9-16(20)19-15(11)10-13/h2-5,7-8,10,17H,6,9H2,1H3,(H,19,20). The highest BCUT2D eigenvalue weighted by molar-refractivity contribution is 5.94. The largest absolute Gasteiger partial charge is 0.497 e. The quantitative estimate of drug-likeness (QED) is 0.935. The average Bonchev–Trinajstić information content (AvgIpc) is 2.53.